The SMILES string of the molecule is O=C(CCC(=O)c1ccc(-c2ccccc2)cc1)N/N=C/c1csc2ccccc12. The number of amides is 1. The Kier molecular flexibility index (Phi) is 6.11. The number of Topliss-reactive ketones (excluding diaryl/α,β-unsaturated/α-hetero) is 1. The van der Waals surface area contributed by atoms with E-state index in [2.05, 4.69) is 10.5 Å². The fourth-order valence-corrected chi connectivity index (χ4v) is 4.09. The van der Waals surface area contributed by atoms with Crippen molar-refractivity contribution in [3.05, 3.63) is 95.4 Å². The average Bonchev–Trinajstić information content (AvgIpc) is 3.21. The van der Waals surface area contributed by atoms with Crippen LogP contribution in [0.1, 0.15) is 28.8 Å². The summed E-state index contributed by atoms with van der Waals surface area (Å²) >= 11 is 1.64. The number of hydrogen-bond donors (Lipinski definition) is 1. The molecular formula is C25H20N2O2S. The third-order valence-corrected chi connectivity index (χ3v) is 5.78. The van der Waals surface area contributed by atoms with E-state index in [9.17, 15) is 9.59 Å². The van der Waals surface area contributed by atoms with E-state index in [0.29, 0.717) is 5.56 Å². The molecule has 1 amide bonds. The molecule has 0 aliphatic carbocycles. The van der Waals surface area contributed by atoms with Gasteiger partial charge < -0.3 is 0 Å². The smallest absolute Gasteiger partial charge is 0.240 e. The van der Waals surface area contributed by atoms with Crippen LogP contribution in [0.15, 0.2) is 89.3 Å². The number of nitrogens with zero attached hydrogens (tertiary/aromatic N) is 1. The second-order valence-corrected chi connectivity index (χ2v) is 7.76. The number of fused-ring (bicyclic) bond motifs is 1. The van der Waals surface area contributed by atoms with Gasteiger partial charge >= 0.3 is 0 Å². The van der Waals surface area contributed by atoms with Crippen molar-refractivity contribution >= 4 is 39.3 Å². The molecule has 30 heavy (non-hydrogen) atoms. The summed E-state index contributed by atoms with van der Waals surface area (Å²) in [7, 11) is 0. The maximum atomic E-state index is 12.4. The zero-order chi connectivity index (χ0) is 20.8. The summed E-state index contributed by atoms with van der Waals surface area (Å²) in [6.45, 7) is 0. The molecule has 0 saturated heterocycles. The molecule has 4 aromatic rings. The van der Waals surface area contributed by atoms with Gasteiger partial charge in [0.25, 0.3) is 0 Å². The van der Waals surface area contributed by atoms with E-state index in [1.807, 2.05) is 84.2 Å². The summed E-state index contributed by atoms with van der Waals surface area (Å²) in [6, 6.07) is 25.5. The standard InChI is InChI=1S/C25H20N2O2S/c28-23(20-12-10-19(11-13-20)18-6-2-1-3-7-18)14-15-25(29)27-26-16-21-17-30-24-9-5-4-8-22(21)24/h1-13,16-17H,14-15H2,(H,27,29)/b26-16+. The number of rotatable bonds is 7. The van der Waals surface area contributed by atoms with Crippen molar-refractivity contribution in [2.24, 2.45) is 5.10 Å². The second kappa shape index (κ2) is 9.29. The van der Waals surface area contributed by atoms with Crippen molar-refractivity contribution in [3.63, 3.8) is 0 Å². The Morgan fingerprint density at radius 1 is 0.833 bits per heavy atom. The van der Waals surface area contributed by atoms with Crippen LogP contribution in [0.4, 0.5) is 0 Å². The summed E-state index contributed by atoms with van der Waals surface area (Å²) in [5.74, 6) is -0.336. The first kappa shape index (κ1) is 19.7. The summed E-state index contributed by atoms with van der Waals surface area (Å²) in [4.78, 5) is 24.4. The fourth-order valence-electron chi connectivity index (χ4n) is 3.18. The molecule has 0 bridgehead atoms. The lowest BCUT2D eigenvalue weighted by Gasteiger charge is -2.04. The van der Waals surface area contributed by atoms with Crippen LogP contribution in [0.5, 0.6) is 0 Å². The molecule has 4 rings (SSSR count). The quantitative estimate of drug-likeness (QED) is 0.241. The van der Waals surface area contributed by atoms with E-state index >= 15 is 0 Å². The topological polar surface area (TPSA) is 58.5 Å². The number of hydrogen-bond acceptors (Lipinski definition) is 4. The van der Waals surface area contributed by atoms with Crippen molar-refractivity contribution in [1.29, 1.82) is 0 Å². The lowest BCUT2D eigenvalue weighted by atomic mass is 10.0. The molecule has 1 heterocycles. The lowest BCUT2D eigenvalue weighted by Crippen LogP contribution is -2.18. The van der Waals surface area contributed by atoms with E-state index in [1.54, 1.807) is 17.6 Å². The highest BCUT2D eigenvalue weighted by atomic mass is 32.1. The summed E-state index contributed by atoms with van der Waals surface area (Å²) in [5, 5.41) is 7.14. The maximum absolute atomic E-state index is 12.4. The van der Waals surface area contributed by atoms with Gasteiger partial charge in [-0.15, -0.1) is 11.3 Å². The summed E-state index contributed by atoms with van der Waals surface area (Å²) < 4.78 is 1.18. The minimum Gasteiger partial charge on any atom is -0.294 e. The predicted octanol–water partition coefficient (Wildman–Crippen LogP) is 5.68. The number of carbonyl (C=O) groups excluding carboxylic acids is 2. The Morgan fingerprint density at radius 2 is 1.53 bits per heavy atom. The Labute approximate surface area is 178 Å². The largest absolute Gasteiger partial charge is 0.294 e. The third kappa shape index (κ3) is 4.70. The van der Waals surface area contributed by atoms with E-state index in [1.165, 1.54) is 4.70 Å². The van der Waals surface area contributed by atoms with Crippen LogP contribution in [0.2, 0.25) is 0 Å². The van der Waals surface area contributed by atoms with Gasteiger partial charge in [-0.05, 0) is 17.2 Å². The number of thiophene rings is 1. The zero-order valence-electron chi connectivity index (χ0n) is 16.2. The molecule has 148 valence electrons. The molecule has 1 aromatic heterocycles. The van der Waals surface area contributed by atoms with Crippen LogP contribution in [0, 0.1) is 0 Å². The molecule has 1 N–H and O–H groups in total. The van der Waals surface area contributed by atoms with Gasteiger partial charge in [0.2, 0.25) is 5.91 Å². The summed E-state index contributed by atoms with van der Waals surface area (Å²) in [6.07, 6.45) is 1.88. The highest BCUT2D eigenvalue weighted by Crippen LogP contribution is 2.24. The van der Waals surface area contributed by atoms with Gasteiger partial charge in [-0.3, -0.25) is 9.59 Å². The number of hydrazone groups is 1. The monoisotopic (exact) mass is 412 g/mol. The molecule has 4 nitrogen and oxygen atoms in total. The van der Waals surface area contributed by atoms with Crippen LogP contribution < -0.4 is 5.43 Å². The molecule has 0 aliphatic heterocycles. The van der Waals surface area contributed by atoms with Gasteiger partial charge in [0.15, 0.2) is 5.78 Å². The lowest BCUT2D eigenvalue weighted by molar-refractivity contribution is -0.121. The van der Waals surface area contributed by atoms with Crippen molar-refractivity contribution in [3.8, 4) is 11.1 Å². The van der Waals surface area contributed by atoms with Crippen molar-refractivity contribution in [1.82, 2.24) is 5.43 Å². The minimum absolute atomic E-state index is 0.0578. The first-order valence-corrected chi connectivity index (χ1v) is 10.6. The first-order valence-electron chi connectivity index (χ1n) is 9.67. The second-order valence-electron chi connectivity index (χ2n) is 6.85. The molecule has 0 radical (unpaired) electrons. The summed E-state index contributed by atoms with van der Waals surface area (Å²) in [5.41, 5.74) is 6.24. The van der Waals surface area contributed by atoms with Crippen molar-refractivity contribution in [2.45, 2.75) is 12.8 Å². The highest BCUT2D eigenvalue weighted by Gasteiger charge is 2.09. The van der Waals surface area contributed by atoms with E-state index in [0.717, 1.165) is 22.1 Å². The molecule has 0 atom stereocenters. The molecule has 0 spiro atoms. The highest BCUT2D eigenvalue weighted by molar-refractivity contribution is 7.17. The number of ketones is 1. The Morgan fingerprint density at radius 3 is 2.33 bits per heavy atom. The van der Waals surface area contributed by atoms with Gasteiger partial charge in [0, 0.05) is 39.4 Å². The Balaban J connectivity index is 1.29. The zero-order valence-corrected chi connectivity index (χ0v) is 17.1. The van der Waals surface area contributed by atoms with Crippen LogP contribution in [-0.4, -0.2) is 17.9 Å². The van der Waals surface area contributed by atoms with E-state index in [4.69, 9.17) is 0 Å². The van der Waals surface area contributed by atoms with Gasteiger partial charge in [0.05, 0.1) is 6.21 Å². The molecule has 5 heteroatoms. The van der Waals surface area contributed by atoms with Crippen molar-refractivity contribution in [2.75, 3.05) is 0 Å². The molecule has 0 unspecified atom stereocenters. The first-order chi connectivity index (χ1) is 14.7. The maximum Gasteiger partial charge on any atom is 0.240 e. The van der Waals surface area contributed by atoms with E-state index < -0.39 is 0 Å². The predicted molar refractivity (Wildman–Crippen MR) is 123 cm³/mol. The van der Waals surface area contributed by atoms with Crippen molar-refractivity contribution < 1.29 is 9.59 Å². The van der Waals surface area contributed by atoms with Crippen LogP contribution in [0.3, 0.4) is 0 Å². The Bertz CT molecular complexity index is 1190. The third-order valence-electron chi connectivity index (χ3n) is 4.80. The van der Waals surface area contributed by atoms with Gasteiger partial charge in [-0.2, -0.15) is 5.10 Å². The van der Waals surface area contributed by atoms with E-state index in [-0.39, 0.29) is 24.5 Å². The van der Waals surface area contributed by atoms with Crippen LogP contribution >= 0.6 is 11.3 Å². The number of nitrogens with one attached hydrogen (secondary N) is 1. The molecule has 3 aromatic carbocycles. The van der Waals surface area contributed by atoms with Crippen LogP contribution in [0.25, 0.3) is 21.2 Å². The molecule has 0 aliphatic rings. The minimum atomic E-state index is -0.278. The number of benzene rings is 3. The van der Waals surface area contributed by atoms with Gasteiger partial charge in [0.1, 0.15) is 0 Å². The van der Waals surface area contributed by atoms with Gasteiger partial charge in [-0.1, -0.05) is 72.8 Å². The molecule has 0 fully saturated rings. The Hall–Kier alpha value is -3.57. The molecular weight excluding hydrogens is 392 g/mol. The normalized spacial score (nSPS) is 11.1. The number of carbonyl (C=O) groups is 2. The fraction of sp³-hybridized carbons (Fsp3) is 0.0800. The van der Waals surface area contributed by atoms with Gasteiger partial charge in [-0.25, -0.2) is 5.43 Å². The average molecular weight is 413 g/mol. The van der Waals surface area contributed by atoms with Crippen LogP contribution in [-0.2, 0) is 4.79 Å². The molecule has 0 saturated carbocycles.